The molecule has 0 radical (unpaired) electrons. The van der Waals surface area contributed by atoms with Crippen LogP contribution in [0, 0.1) is 11.8 Å². The van der Waals surface area contributed by atoms with Crippen molar-refractivity contribution in [2.24, 2.45) is 11.8 Å². The number of halogens is 1. The summed E-state index contributed by atoms with van der Waals surface area (Å²) < 4.78 is 0. The van der Waals surface area contributed by atoms with Gasteiger partial charge in [-0.15, -0.1) is 11.6 Å². The Morgan fingerprint density at radius 2 is 1.75 bits per heavy atom. The van der Waals surface area contributed by atoms with Crippen molar-refractivity contribution in [1.82, 2.24) is 4.90 Å². The van der Waals surface area contributed by atoms with Crippen molar-refractivity contribution in [3.05, 3.63) is 35.4 Å². The van der Waals surface area contributed by atoms with Gasteiger partial charge in [-0.05, 0) is 35.8 Å². The van der Waals surface area contributed by atoms with E-state index >= 15 is 0 Å². The maximum absolute atomic E-state index is 6.62. The lowest BCUT2D eigenvalue weighted by molar-refractivity contribution is 0.141. The van der Waals surface area contributed by atoms with Gasteiger partial charge in [-0.3, -0.25) is 0 Å². The fourth-order valence-corrected chi connectivity index (χ4v) is 3.80. The molecule has 2 rings (SSSR count). The topological polar surface area (TPSA) is 3.24 Å². The third-order valence-corrected chi connectivity index (χ3v) is 4.63. The van der Waals surface area contributed by atoms with Crippen molar-refractivity contribution < 1.29 is 0 Å². The number of piperidine rings is 1. The van der Waals surface area contributed by atoms with Crippen LogP contribution in [-0.4, -0.2) is 24.5 Å². The molecule has 1 aliphatic rings. The van der Waals surface area contributed by atoms with Crippen molar-refractivity contribution in [2.75, 3.05) is 19.6 Å². The van der Waals surface area contributed by atoms with Crippen LogP contribution < -0.4 is 0 Å². The molecular weight excluding hydrogens is 266 g/mol. The molecule has 112 valence electrons. The standard InChI is InChI=1S/C18H28ClN/c1-4-5-16-6-8-17(9-7-16)18(19)13-20-11-14(2)10-15(3)12-20/h6-9,14-15,18H,4-5,10-13H2,1-3H3. The van der Waals surface area contributed by atoms with Crippen molar-refractivity contribution >= 4 is 11.6 Å². The first-order valence-electron chi connectivity index (χ1n) is 8.03. The van der Waals surface area contributed by atoms with Crippen LogP contribution in [0.25, 0.3) is 0 Å². The Hall–Kier alpha value is -0.530. The van der Waals surface area contributed by atoms with Gasteiger partial charge in [0, 0.05) is 19.6 Å². The highest BCUT2D eigenvalue weighted by atomic mass is 35.5. The minimum absolute atomic E-state index is 0.114. The molecule has 20 heavy (non-hydrogen) atoms. The summed E-state index contributed by atoms with van der Waals surface area (Å²) in [6, 6.07) is 8.88. The van der Waals surface area contributed by atoms with Gasteiger partial charge in [0.15, 0.2) is 0 Å². The fraction of sp³-hybridized carbons (Fsp3) is 0.667. The average Bonchev–Trinajstić information content (AvgIpc) is 2.38. The first-order chi connectivity index (χ1) is 9.58. The summed E-state index contributed by atoms with van der Waals surface area (Å²) in [7, 11) is 0. The lowest BCUT2D eigenvalue weighted by Crippen LogP contribution is -2.40. The molecule has 0 bridgehead atoms. The van der Waals surface area contributed by atoms with E-state index in [0.29, 0.717) is 0 Å². The van der Waals surface area contributed by atoms with E-state index in [1.165, 1.54) is 37.1 Å². The van der Waals surface area contributed by atoms with Crippen LogP contribution in [0.4, 0.5) is 0 Å². The highest BCUT2D eigenvalue weighted by Crippen LogP contribution is 2.27. The normalized spacial score (nSPS) is 25.6. The minimum Gasteiger partial charge on any atom is -0.301 e. The Morgan fingerprint density at radius 3 is 2.30 bits per heavy atom. The maximum Gasteiger partial charge on any atom is 0.0712 e. The summed E-state index contributed by atoms with van der Waals surface area (Å²) in [6.07, 6.45) is 3.72. The minimum atomic E-state index is 0.114. The molecule has 0 amide bonds. The lowest BCUT2D eigenvalue weighted by Gasteiger charge is -2.36. The number of nitrogens with zero attached hydrogens (tertiary/aromatic N) is 1. The van der Waals surface area contributed by atoms with Crippen LogP contribution in [-0.2, 0) is 6.42 Å². The zero-order valence-corrected chi connectivity index (χ0v) is 13.9. The predicted octanol–water partition coefficient (Wildman–Crippen LogP) is 4.90. The number of alkyl halides is 1. The molecule has 1 nitrogen and oxygen atoms in total. The molecule has 2 heteroatoms. The SMILES string of the molecule is CCCc1ccc(C(Cl)CN2CC(C)CC(C)C2)cc1. The summed E-state index contributed by atoms with van der Waals surface area (Å²) >= 11 is 6.62. The molecule has 1 heterocycles. The third kappa shape index (κ3) is 4.49. The second kappa shape index (κ2) is 7.47. The molecule has 0 aliphatic carbocycles. The van der Waals surface area contributed by atoms with Gasteiger partial charge in [0.25, 0.3) is 0 Å². The van der Waals surface area contributed by atoms with Crippen molar-refractivity contribution in [3.63, 3.8) is 0 Å². The molecule has 3 unspecified atom stereocenters. The summed E-state index contributed by atoms with van der Waals surface area (Å²) in [5.74, 6) is 1.60. The smallest absolute Gasteiger partial charge is 0.0712 e. The summed E-state index contributed by atoms with van der Waals surface area (Å²) in [4.78, 5) is 2.54. The summed E-state index contributed by atoms with van der Waals surface area (Å²) in [5, 5.41) is 0.114. The number of rotatable bonds is 5. The average molecular weight is 294 g/mol. The van der Waals surface area contributed by atoms with E-state index < -0.39 is 0 Å². The van der Waals surface area contributed by atoms with Crippen LogP contribution in [0.3, 0.4) is 0 Å². The molecule has 1 fully saturated rings. The Bertz CT molecular complexity index is 390. The van der Waals surface area contributed by atoms with Crippen LogP contribution in [0.15, 0.2) is 24.3 Å². The van der Waals surface area contributed by atoms with Gasteiger partial charge >= 0.3 is 0 Å². The van der Waals surface area contributed by atoms with Gasteiger partial charge < -0.3 is 4.90 Å². The molecule has 1 saturated heterocycles. The Kier molecular flexibility index (Phi) is 5.92. The number of aryl methyl sites for hydroxylation is 1. The van der Waals surface area contributed by atoms with Crippen molar-refractivity contribution in [2.45, 2.75) is 45.4 Å². The fourth-order valence-electron chi connectivity index (χ4n) is 3.46. The van der Waals surface area contributed by atoms with E-state index in [1.807, 2.05) is 0 Å². The van der Waals surface area contributed by atoms with E-state index in [0.717, 1.165) is 24.8 Å². The van der Waals surface area contributed by atoms with E-state index in [1.54, 1.807) is 0 Å². The molecule has 1 aromatic carbocycles. The largest absolute Gasteiger partial charge is 0.301 e. The molecule has 0 spiro atoms. The molecule has 1 aliphatic heterocycles. The number of benzene rings is 1. The third-order valence-electron chi connectivity index (χ3n) is 4.24. The molecule has 0 aromatic heterocycles. The van der Waals surface area contributed by atoms with Gasteiger partial charge in [-0.2, -0.15) is 0 Å². The maximum atomic E-state index is 6.62. The molecule has 1 aromatic rings. The van der Waals surface area contributed by atoms with Gasteiger partial charge in [0.05, 0.1) is 5.38 Å². The van der Waals surface area contributed by atoms with Gasteiger partial charge in [0.1, 0.15) is 0 Å². The molecule has 0 N–H and O–H groups in total. The van der Waals surface area contributed by atoms with Crippen molar-refractivity contribution in [3.8, 4) is 0 Å². The Labute approximate surface area is 129 Å². The first kappa shape index (κ1) is 15.9. The van der Waals surface area contributed by atoms with E-state index in [9.17, 15) is 0 Å². The second-order valence-electron chi connectivity index (χ2n) is 6.62. The Morgan fingerprint density at radius 1 is 1.15 bits per heavy atom. The van der Waals surface area contributed by atoms with Crippen LogP contribution >= 0.6 is 11.6 Å². The van der Waals surface area contributed by atoms with Crippen LogP contribution in [0.5, 0.6) is 0 Å². The number of hydrogen-bond acceptors (Lipinski definition) is 1. The highest BCUT2D eigenvalue weighted by molar-refractivity contribution is 6.21. The van der Waals surface area contributed by atoms with Gasteiger partial charge in [0.2, 0.25) is 0 Å². The van der Waals surface area contributed by atoms with Crippen LogP contribution in [0.2, 0.25) is 0 Å². The lowest BCUT2D eigenvalue weighted by atomic mass is 9.91. The van der Waals surface area contributed by atoms with Gasteiger partial charge in [-0.25, -0.2) is 0 Å². The van der Waals surface area contributed by atoms with E-state index in [2.05, 4.69) is 49.9 Å². The number of hydrogen-bond donors (Lipinski definition) is 0. The zero-order chi connectivity index (χ0) is 14.5. The first-order valence-corrected chi connectivity index (χ1v) is 8.47. The Balaban J connectivity index is 1.92. The number of likely N-dealkylation sites (tertiary alicyclic amines) is 1. The second-order valence-corrected chi connectivity index (χ2v) is 7.15. The van der Waals surface area contributed by atoms with Crippen LogP contribution in [0.1, 0.15) is 50.1 Å². The van der Waals surface area contributed by atoms with E-state index in [-0.39, 0.29) is 5.38 Å². The van der Waals surface area contributed by atoms with Crippen molar-refractivity contribution in [1.29, 1.82) is 0 Å². The molecule has 3 atom stereocenters. The monoisotopic (exact) mass is 293 g/mol. The van der Waals surface area contributed by atoms with E-state index in [4.69, 9.17) is 11.6 Å². The zero-order valence-electron chi connectivity index (χ0n) is 13.1. The quantitative estimate of drug-likeness (QED) is 0.698. The molecule has 0 saturated carbocycles. The highest BCUT2D eigenvalue weighted by Gasteiger charge is 2.23. The van der Waals surface area contributed by atoms with Gasteiger partial charge in [-0.1, -0.05) is 51.5 Å². The predicted molar refractivity (Wildman–Crippen MR) is 88.4 cm³/mol. The molecular formula is C18H28ClN. The summed E-state index contributed by atoms with van der Waals surface area (Å²) in [6.45, 7) is 10.3. The summed E-state index contributed by atoms with van der Waals surface area (Å²) in [5.41, 5.74) is 2.68.